The number of aliphatic carboxylic acids is 2. The second kappa shape index (κ2) is 17.1. The van der Waals surface area contributed by atoms with Crippen LogP contribution < -0.4 is 10.2 Å². The van der Waals surface area contributed by atoms with E-state index >= 15 is 0 Å². The third-order valence-electron chi connectivity index (χ3n) is 7.67. The summed E-state index contributed by atoms with van der Waals surface area (Å²) in [5, 5.41) is 17.6. The van der Waals surface area contributed by atoms with Crippen LogP contribution in [0.2, 0.25) is 0 Å². The summed E-state index contributed by atoms with van der Waals surface area (Å²) < 4.78 is 63.1. The first-order valence-corrected chi connectivity index (χ1v) is 15.0. The third kappa shape index (κ3) is 12.0. The van der Waals surface area contributed by atoms with Crippen molar-refractivity contribution >= 4 is 19.2 Å². The van der Waals surface area contributed by atoms with Crippen LogP contribution >= 0.6 is 7.26 Å². The molecule has 3 fully saturated rings. The number of carbonyl (C=O) groups excluding carboxylic acids is 2. The fourth-order valence-electron chi connectivity index (χ4n) is 6.25. The molecule has 0 heterocycles. The molecule has 4 nitrogen and oxygen atoms in total. The van der Waals surface area contributed by atoms with Gasteiger partial charge in [-0.05, 0) is 77.0 Å². The van der Waals surface area contributed by atoms with E-state index in [1.165, 1.54) is 63.9 Å². The molecule has 0 aromatic rings. The van der Waals surface area contributed by atoms with Crippen LogP contribution in [0.3, 0.4) is 0 Å². The van der Waals surface area contributed by atoms with Crippen LogP contribution in [-0.4, -0.2) is 47.4 Å². The van der Waals surface area contributed by atoms with Gasteiger partial charge < -0.3 is 19.8 Å². The predicted octanol–water partition coefficient (Wildman–Crippen LogP) is 5.78. The summed E-state index contributed by atoms with van der Waals surface area (Å²) >= 11 is 0. The maximum absolute atomic E-state index is 10.5. The molecular formula is C25H38F6O4PPd+. The molecule has 0 bridgehead atoms. The van der Waals surface area contributed by atoms with Crippen molar-refractivity contribution in [2.45, 2.75) is 126 Å². The first kappa shape index (κ1) is 36.4. The average molecular weight is 654 g/mol. The minimum atomic E-state index is -5.19. The third-order valence-corrected chi connectivity index (χ3v) is 14.2. The largest absolute Gasteiger partial charge is 2.00 e. The van der Waals surface area contributed by atoms with Gasteiger partial charge in [0.2, 0.25) is 0 Å². The summed E-state index contributed by atoms with van der Waals surface area (Å²) in [4.78, 5) is 17.6. The fourth-order valence-corrected chi connectivity index (χ4v) is 13.4. The van der Waals surface area contributed by atoms with Gasteiger partial charge in [-0.15, -0.1) is 0 Å². The molecule has 0 aromatic carbocycles. The molecule has 0 saturated heterocycles. The topological polar surface area (TPSA) is 80.3 Å². The number of allylic oxidation sites excluding steroid dienone is 1. The molecule has 0 unspecified atom stereocenters. The Kier molecular flexibility index (Phi) is 16.8. The quantitative estimate of drug-likeness (QED) is 0.163. The van der Waals surface area contributed by atoms with Crippen molar-refractivity contribution in [1.82, 2.24) is 0 Å². The summed E-state index contributed by atoms with van der Waals surface area (Å²) in [7, 11) is -0.840. The molecule has 0 amide bonds. The number of carboxylic acids is 2. The Bertz CT molecular complexity index is 614. The van der Waals surface area contributed by atoms with Crippen molar-refractivity contribution in [2.24, 2.45) is 0 Å². The van der Waals surface area contributed by atoms with Crippen LogP contribution in [0.25, 0.3) is 0 Å². The Balaban J connectivity index is 0.000000720. The number of alkyl halides is 6. The van der Waals surface area contributed by atoms with Crippen molar-refractivity contribution < 1.29 is 66.6 Å². The van der Waals surface area contributed by atoms with Crippen molar-refractivity contribution in [1.29, 1.82) is 0 Å². The van der Waals surface area contributed by atoms with Crippen LogP contribution in [0.5, 0.6) is 0 Å². The van der Waals surface area contributed by atoms with Gasteiger partial charge in [-0.2, -0.15) is 26.3 Å². The Hall–Kier alpha value is -0.648. The van der Waals surface area contributed by atoms with Crippen LogP contribution in [0, 0.1) is 0 Å². The van der Waals surface area contributed by atoms with Crippen LogP contribution in [0.15, 0.2) is 12.7 Å². The van der Waals surface area contributed by atoms with Gasteiger partial charge in [-0.3, -0.25) is 0 Å². The van der Waals surface area contributed by atoms with E-state index in [0.717, 1.165) is 17.0 Å². The number of carboxylic acid groups (broad SMARTS) is 2. The number of halogens is 6. The summed E-state index contributed by atoms with van der Waals surface area (Å²) in [5.74, 6) is -6.01. The molecule has 12 heteroatoms. The molecule has 0 aromatic heterocycles. The molecule has 3 rings (SSSR count). The molecule has 0 radical (unpaired) electrons. The maximum Gasteiger partial charge on any atom is 2.00 e. The van der Waals surface area contributed by atoms with Gasteiger partial charge in [-0.1, -0.05) is 31.9 Å². The molecule has 3 saturated carbocycles. The van der Waals surface area contributed by atoms with Crippen molar-refractivity contribution in [3.8, 4) is 0 Å². The second-order valence-corrected chi connectivity index (χ2v) is 14.5. The van der Waals surface area contributed by atoms with Gasteiger partial charge in [0.25, 0.3) is 0 Å². The van der Waals surface area contributed by atoms with E-state index in [0.29, 0.717) is 0 Å². The summed E-state index contributed by atoms with van der Waals surface area (Å²) in [6.07, 6.45) is 16.6. The zero-order valence-corrected chi connectivity index (χ0v) is 23.4. The number of hydrogen-bond donors (Lipinski definition) is 0. The minimum absolute atomic E-state index is 0. The van der Waals surface area contributed by atoms with Crippen LogP contribution in [0.4, 0.5) is 26.3 Å². The second-order valence-electron chi connectivity index (χ2n) is 9.91. The normalized spacial score (nSPS) is 20.3. The average Bonchev–Trinajstić information content (AvgIpc) is 2.84. The van der Waals surface area contributed by atoms with E-state index in [2.05, 4.69) is 12.7 Å². The molecule has 0 atom stereocenters. The van der Waals surface area contributed by atoms with Gasteiger partial charge in [0.15, 0.2) is 0 Å². The molecule has 37 heavy (non-hydrogen) atoms. The molecule has 0 aliphatic heterocycles. The number of rotatable bonds is 5. The molecule has 218 valence electrons. The minimum Gasteiger partial charge on any atom is -0.542 e. The maximum atomic E-state index is 10.5. The van der Waals surface area contributed by atoms with Crippen molar-refractivity contribution in [3.63, 3.8) is 0 Å². The van der Waals surface area contributed by atoms with E-state index < -0.39 is 31.6 Å². The summed E-state index contributed by atoms with van der Waals surface area (Å²) in [6, 6.07) is 0. The zero-order valence-electron chi connectivity index (χ0n) is 21.0. The van der Waals surface area contributed by atoms with Crippen LogP contribution in [-0.2, 0) is 30.0 Å². The van der Waals surface area contributed by atoms with Gasteiger partial charge >= 0.3 is 32.8 Å². The molecular weight excluding hydrogens is 616 g/mol. The zero-order chi connectivity index (χ0) is 27.4. The summed E-state index contributed by atoms with van der Waals surface area (Å²) in [6.45, 7) is 4.26. The van der Waals surface area contributed by atoms with E-state index in [-0.39, 0.29) is 20.4 Å². The van der Waals surface area contributed by atoms with E-state index in [9.17, 15) is 26.3 Å². The van der Waals surface area contributed by atoms with Crippen molar-refractivity contribution in [2.75, 3.05) is 6.16 Å². The smallest absolute Gasteiger partial charge is 0.542 e. The first-order valence-electron chi connectivity index (χ1n) is 12.8. The fraction of sp³-hybridized carbons (Fsp3) is 0.840. The van der Waals surface area contributed by atoms with E-state index in [1.54, 1.807) is 38.5 Å². The Labute approximate surface area is 230 Å². The van der Waals surface area contributed by atoms with Gasteiger partial charge in [0.05, 0.1) is 23.1 Å². The molecule has 3 aliphatic carbocycles. The number of hydrogen-bond acceptors (Lipinski definition) is 4. The van der Waals surface area contributed by atoms with Crippen LogP contribution in [0.1, 0.15) is 96.3 Å². The van der Waals surface area contributed by atoms with Gasteiger partial charge in [0, 0.05) is 7.26 Å². The Morgan fingerprint density at radius 2 is 0.865 bits per heavy atom. The van der Waals surface area contributed by atoms with Gasteiger partial charge in [0.1, 0.15) is 11.9 Å². The summed E-state index contributed by atoms with van der Waals surface area (Å²) in [5.41, 5.74) is 3.39. The van der Waals surface area contributed by atoms with Crippen molar-refractivity contribution in [3.05, 3.63) is 12.7 Å². The Morgan fingerprint density at radius 1 is 0.649 bits per heavy atom. The number of carbonyl (C=O) groups is 2. The Morgan fingerprint density at radius 3 is 1.03 bits per heavy atom. The SMILES string of the molecule is C=CC[P+](C1CCCCC1)(C1CCCCC1)C1CCCCC1.O=C([O-])C(F)(F)F.O=C([O-])C(F)(F)F.[Pd+2]. The predicted molar refractivity (Wildman–Crippen MR) is 125 cm³/mol. The molecule has 0 N–H and O–H groups in total. The van der Waals surface area contributed by atoms with Gasteiger partial charge in [-0.25, -0.2) is 0 Å². The molecule has 0 spiro atoms. The van der Waals surface area contributed by atoms with E-state index in [4.69, 9.17) is 19.8 Å². The first-order chi connectivity index (χ1) is 16.8. The molecule has 3 aliphatic rings. The van der Waals surface area contributed by atoms with E-state index in [1.807, 2.05) is 0 Å². The standard InChI is InChI=1S/C21H38P.2C2HF3O2.Pd/c1-2-18-22(19-12-6-3-7-13-19,20-14-8-4-9-15-20)21-16-10-5-11-17-21;2*3-2(4,5)1(6)7;/h2,19-21H,1,3-18H2;2*(H,6,7);/q+1;;;+2/p-2. The monoisotopic (exact) mass is 653 g/mol.